The molecule has 7 nitrogen and oxygen atoms in total. The summed E-state index contributed by atoms with van der Waals surface area (Å²) in [5, 5.41) is 3.93. The predicted molar refractivity (Wildman–Crippen MR) is 83.5 cm³/mol. The minimum atomic E-state index is -0.117. The number of aryl methyl sites for hydroxylation is 1. The van der Waals surface area contributed by atoms with Crippen molar-refractivity contribution in [1.82, 2.24) is 25.0 Å². The molecule has 23 heavy (non-hydrogen) atoms. The molecule has 3 rings (SSSR count). The van der Waals surface area contributed by atoms with Crippen LogP contribution in [0.1, 0.15) is 29.0 Å². The van der Waals surface area contributed by atoms with Crippen LogP contribution in [0.15, 0.2) is 41.2 Å². The van der Waals surface area contributed by atoms with Gasteiger partial charge in [-0.3, -0.25) is 9.78 Å². The number of H-pyrrole nitrogens is 1. The van der Waals surface area contributed by atoms with E-state index >= 15 is 0 Å². The van der Waals surface area contributed by atoms with E-state index < -0.39 is 0 Å². The molecule has 0 aromatic carbocycles. The van der Waals surface area contributed by atoms with Crippen LogP contribution in [0.3, 0.4) is 0 Å². The number of rotatable bonds is 5. The molecule has 0 atom stereocenters. The van der Waals surface area contributed by atoms with Crippen molar-refractivity contribution in [3.63, 3.8) is 0 Å². The quantitative estimate of drug-likeness (QED) is 0.781. The molecule has 0 bridgehead atoms. The molecule has 0 aliphatic heterocycles. The summed E-state index contributed by atoms with van der Waals surface area (Å²) in [6.45, 7) is 2.28. The van der Waals surface area contributed by atoms with Gasteiger partial charge in [0, 0.05) is 30.7 Å². The topological polar surface area (TPSA) is 87.9 Å². The largest absolute Gasteiger partial charge is 0.354 e. The minimum Gasteiger partial charge on any atom is -0.354 e. The monoisotopic (exact) mass is 311 g/mol. The van der Waals surface area contributed by atoms with Crippen molar-refractivity contribution >= 4 is 5.91 Å². The molecular formula is C16H17N5O2. The highest BCUT2D eigenvalue weighted by Crippen LogP contribution is 2.15. The zero-order valence-electron chi connectivity index (χ0n) is 13.0. The van der Waals surface area contributed by atoms with Crippen molar-refractivity contribution in [2.24, 2.45) is 0 Å². The van der Waals surface area contributed by atoms with Crippen LogP contribution in [-0.4, -0.2) is 38.0 Å². The first-order valence-corrected chi connectivity index (χ1v) is 7.33. The molecule has 3 aromatic heterocycles. The standard InChI is InChI=1S/C16H17N5O2/c1-3-12-4-5-13(18-12)16(22)21(2)10-14-19-15(20-23-14)11-6-8-17-9-7-11/h4-9,18H,3,10H2,1-2H3. The number of hydrogen-bond acceptors (Lipinski definition) is 5. The van der Waals surface area contributed by atoms with Gasteiger partial charge in [0.2, 0.25) is 11.7 Å². The third-order valence-corrected chi connectivity index (χ3v) is 3.48. The number of carbonyl (C=O) groups excluding carboxylic acids is 1. The molecule has 118 valence electrons. The summed E-state index contributed by atoms with van der Waals surface area (Å²) < 4.78 is 5.22. The smallest absolute Gasteiger partial charge is 0.270 e. The average molecular weight is 311 g/mol. The van der Waals surface area contributed by atoms with Gasteiger partial charge in [-0.2, -0.15) is 4.98 Å². The predicted octanol–water partition coefficient (Wildman–Crippen LogP) is 2.29. The Balaban J connectivity index is 1.69. The Bertz CT molecular complexity index is 794. The number of nitrogens with zero attached hydrogens (tertiary/aromatic N) is 4. The van der Waals surface area contributed by atoms with Crippen molar-refractivity contribution in [1.29, 1.82) is 0 Å². The van der Waals surface area contributed by atoms with E-state index in [-0.39, 0.29) is 12.5 Å². The Hall–Kier alpha value is -2.96. The summed E-state index contributed by atoms with van der Waals surface area (Å²) in [6.07, 6.45) is 4.19. The summed E-state index contributed by atoms with van der Waals surface area (Å²) in [7, 11) is 1.70. The summed E-state index contributed by atoms with van der Waals surface area (Å²) in [5.74, 6) is 0.750. The highest BCUT2D eigenvalue weighted by molar-refractivity contribution is 5.92. The molecule has 0 spiro atoms. The van der Waals surface area contributed by atoms with Crippen LogP contribution in [0.5, 0.6) is 0 Å². The van der Waals surface area contributed by atoms with Gasteiger partial charge in [-0.25, -0.2) is 0 Å². The molecule has 7 heteroatoms. The highest BCUT2D eigenvalue weighted by Gasteiger charge is 2.17. The maximum atomic E-state index is 12.4. The van der Waals surface area contributed by atoms with E-state index in [2.05, 4.69) is 20.1 Å². The molecule has 0 aliphatic carbocycles. The van der Waals surface area contributed by atoms with Crippen LogP contribution in [0.4, 0.5) is 0 Å². The van der Waals surface area contributed by atoms with Crippen LogP contribution < -0.4 is 0 Å². The molecule has 0 fully saturated rings. The first-order chi connectivity index (χ1) is 11.2. The van der Waals surface area contributed by atoms with Gasteiger partial charge in [0.1, 0.15) is 12.2 Å². The maximum Gasteiger partial charge on any atom is 0.270 e. The van der Waals surface area contributed by atoms with Gasteiger partial charge >= 0.3 is 0 Å². The van der Waals surface area contributed by atoms with Crippen molar-refractivity contribution in [2.45, 2.75) is 19.9 Å². The second-order valence-corrected chi connectivity index (χ2v) is 5.16. The second kappa shape index (κ2) is 6.43. The van der Waals surface area contributed by atoms with Crippen molar-refractivity contribution in [3.8, 4) is 11.4 Å². The van der Waals surface area contributed by atoms with E-state index in [0.717, 1.165) is 17.7 Å². The second-order valence-electron chi connectivity index (χ2n) is 5.16. The molecule has 3 aromatic rings. The molecular weight excluding hydrogens is 294 g/mol. The van der Waals surface area contributed by atoms with Gasteiger partial charge in [-0.1, -0.05) is 12.1 Å². The average Bonchev–Trinajstić information content (AvgIpc) is 3.24. The maximum absolute atomic E-state index is 12.4. The lowest BCUT2D eigenvalue weighted by atomic mass is 10.2. The highest BCUT2D eigenvalue weighted by atomic mass is 16.5. The van der Waals surface area contributed by atoms with Gasteiger partial charge in [0.15, 0.2) is 0 Å². The molecule has 0 saturated heterocycles. The molecule has 0 unspecified atom stereocenters. The van der Waals surface area contributed by atoms with Gasteiger partial charge in [-0.05, 0) is 30.7 Å². The zero-order chi connectivity index (χ0) is 16.2. The van der Waals surface area contributed by atoms with Gasteiger partial charge in [0.05, 0.1) is 0 Å². The molecule has 0 radical (unpaired) electrons. The third-order valence-electron chi connectivity index (χ3n) is 3.48. The normalized spacial score (nSPS) is 10.7. The Morgan fingerprint density at radius 2 is 2.04 bits per heavy atom. The fourth-order valence-electron chi connectivity index (χ4n) is 2.19. The molecule has 1 N–H and O–H groups in total. The number of nitrogens with one attached hydrogen (secondary N) is 1. The Morgan fingerprint density at radius 3 is 2.74 bits per heavy atom. The van der Waals surface area contributed by atoms with Crippen LogP contribution in [0.2, 0.25) is 0 Å². The lowest BCUT2D eigenvalue weighted by molar-refractivity contribution is 0.0764. The van der Waals surface area contributed by atoms with Crippen molar-refractivity contribution < 1.29 is 9.32 Å². The van der Waals surface area contributed by atoms with E-state index in [1.54, 1.807) is 37.6 Å². The van der Waals surface area contributed by atoms with Crippen molar-refractivity contribution in [2.75, 3.05) is 7.05 Å². The van der Waals surface area contributed by atoms with Gasteiger partial charge in [-0.15, -0.1) is 0 Å². The fourth-order valence-corrected chi connectivity index (χ4v) is 2.19. The SMILES string of the molecule is CCc1ccc(C(=O)N(C)Cc2nc(-c3ccncc3)no2)[nH]1. The molecule has 3 heterocycles. The van der Waals surface area contributed by atoms with Gasteiger partial charge in [0.25, 0.3) is 5.91 Å². The Labute approximate surface area is 133 Å². The van der Waals surface area contributed by atoms with Crippen LogP contribution in [0.25, 0.3) is 11.4 Å². The van der Waals surface area contributed by atoms with Crippen molar-refractivity contribution in [3.05, 3.63) is 53.9 Å². The summed E-state index contributed by atoms with van der Waals surface area (Å²) in [5.41, 5.74) is 2.40. The van der Waals surface area contributed by atoms with E-state index in [9.17, 15) is 4.79 Å². The summed E-state index contributed by atoms with van der Waals surface area (Å²) in [4.78, 5) is 25.2. The molecule has 0 aliphatic rings. The lowest BCUT2D eigenvalue weighted by Gasteiger charge is -2.13. The lowest BCUT2D eigenvalue weighted by Crippen LogP contribution is -2.26. The zero-order valence-corrected chi connectivity index (χ0v) is 13.0. The van der Waals surface area contributed by atoms with Crippen LogP contribution >= 0.6 is 0 Å². The molecule has 1 amide bonds. The van der Waals surface area contributed by atoms with Crippen LogP contribution in [0, 0.1) is 0 Å². The third kappa shape index (κ3) is 3.28. The minimum absolute atomic E-state index is 0.117. The Kier molecular flexibility index (Phi) is 4.18. The number of amides is 1. The van der Waals surface area contributed by atoms with E-state index in [1.165, 1.54) is 4.90 Å². The molecule has 0 saturated carbocycles. The summed E-state index contributed by atoms with van der Waals surface area (Å²) in [6, 6.07) is 7.30. The van der Waals surface area contributed by atoms with E-state index in [0.29, 0.717) is 17.4 Å². The van der Waals surface area contributed by atoms with E-state index in [1.807, 2.05) is 13.0 Å². The van der Waals surface area contributed by atoms with Crippen LogP contribution in [-0.2, 0) is 13.0 Å². The first-order valence-electron chi connectivity index (χ1n) is 7.33. The number of hydrogen-bond donors (Lipinski definition) is 1. The summed E-state index contributed by atoms with van der Waals surface area (Å²) >= 11 is 0. The fraction of sp³-hybridized carbons (Fsp3) is 0.250. The number of aromatic nitrogens is 4. The number of carbonyl (C=O) groups is 1. The first kappa shape index (κ1) is 15.0. The Morgan fingerprint density at radius 1 is 1.26 bits per heavy atom. The van der Waals surface area contributed by atoms with Gasteiger partial charge < -0.3 is 14.4 Å². The van der Waals surface area contributed by atoms with E-state index in [4.69, 9.17) is 4.52 Å². The number of aromatic amines is 1. The number of pyridine rings is 1.